The molecule has 174 valence electrons. The van der Waals surface area contributed by atoms with Gasteiger partial charge in [-0.15, -0.1) is 0 Å². The molecule has 1 saturated carbocycles. The molecule has 0 amide bonds. The van der Waals surface area contributed by atoms with E-state index in [-0.39, 0.29) is 11.2 Å². The second-order valence-electron chi connectivity index (χ2n) is 9.89. The summed E-state index contributed by atoms with van der Waals surface area (Å²) >= 11 is 0. The van der Waals surface area contributed by atoms with Gasteiger partial charge in [-0.05, 0) is 50.4 Å². The maximum Gasteiger partial charge on any atom is 0.229 e. The molecule has 2 bridgehead atoms. The van der Waals surface area contributed by atoms with Crippen LogP contribution in [0.25, 0.3) is 0 Å². The first-order chi connectivity index (χ1) is 15.4. The van der Waals surface area contributed by atoms with Gasteiger partial charge in [0, 0.05) is 23.4 Å². The number of rotatable bonds is 3. The Labute approximate surface area is 185 Å². The maximum absolute atomic E-state index is 13.0. The Morgan fingerprint density at radius 3 is 2.81 bits per heavy atom. The van der Waals surface area contributed by atoms with Crippen LogP contribution < -0.4 is 9.47 Å². The number of ether oxygens (including phenoxy) is 3. The molecule has 3 fully saturated rings. The van der Waals surface area contributed by atoms with Gasteiger partial charge in [0.2, 0.25) is 6.29 Å². The predicted octanol–water partition coefficient (Wildman–Crippen LogP) is -0.897. The maximum atomic E-state index is 13.0. The van der Waals surface area contributed by atoms with Crippen molar-refractivity contribution in [2.24, 2.45) is 5.92 Å². The second-order valence-corrected chi connectivity index (χ2v) is 9.89. The van der Waals surface area contributed by atoms with E-state index in [9.17, 15) is 25.2 Å². The fraction of sp³-hybridized carbons (Fsp3) is 0.696. The molecule has 3 heterocycles. The average molecular weight is 447 g/mol. The fourth-order valence-electron chi connectivity index (χ4n) is 6.89. The lowest BCUT2D eigenvalue weighted by Gasteiger charge is -2.57. The van der Waals surface area contributed by atoms with Gasteiger partial charge in [-0.2, -0.15) is 0 Å². The summed E-state index contributed by atoms with van der Waals surface area (Å²) in [5.74, 6) is 1.31. The first-order valence-corrected chi connectivity index (χ1v) is 11.4. The van der Waals surface area contributed by atoms with Crippen molar-refractivity contribution in [2.75, 3.05) is 20.2 Å². The van der Waals surface area contributed by atoms with Crippen molar-refractivity contribution in [3.63, 3.8) is 0 Å². The molecule has 9 heteroatoms. The van der Waals surface area contributed by atoms with Crippen molar-refractivity contribution >= 4 is 5.78 Å². The molecule has 0 aromatic heterocycles. The zero-order valence-corrected chi connectivity index (χ0v) is 17.9. The zero-order valence-electron chi connectivity index (χ0n) is 17.9. The van der Waals surface area contributed by atoms with Crippen LogP contribution in [0.4, 0.5) is 0 Å². The lowest BCUT2D eigenvalue weighted by Crippen LogP contribution is -2.65. The highest BCUT2D eigenvalue weighted by atomic mass is 16.7. The lowest BCUT2D eigenvalue weighted by atomic mass is 9.52. The number of aliphatic hydroxyl groups is 4. The molecule has 0 unspecified atom stereocenters. The van der Waals surface area contributed by atoms with Crippen molar-refractivity contribution in [3.05, 3.63) is 23.3 Å². The van der Waals surface area contributed by atoms with Crippen LogP contribution in [0.1, 0.15) is 30.4 Å². The van der Waals surface area contributed by atoms with Crippen molar-refractivity contribution in [3.8, 4) is 11.5 Å². The summed E-state index contributed by atoms with van der Waals surface area (Å²) in [7, 11) is 2.15. The Hall–Kier alpha value is -1.75. The van der Waals surface area contributed by atoms with Gasteiger partial charge in [0.25, 0.3) is 0 Å². The van der Waals surface area contributed by atoms with Gasteiger partial charge in [0.05, 0.1) is 6.61 Å². The summed E-state index contributed by atoms with van der Waals surface area (Å²) in [6, 6.07) is 4.12. The minimum absolute atomic E-state index is 0.118. The molecular formula is C23H29NO8. The summed E-state index contributed by atoms with van der Waals surface area (Å²) < 4.78 is 17.8. The smallest absolute Gasteiger partial charge is 0.229 e. The minimum Gasteiger partial charge on any atom is -0.477 e. The quantitative estimate of drug-likeness (QED) is 0.466. The second kappa shape index (κ2) is 7.12. The Morgan fingerprint density at radius 1 is 1.22 bits per heavy atom. The van der Waals surface area contributed by atoms with Crippen LogP contribution >= 0.6 is 0 Å². The number of carbonyl (C=O) groups is 1. The van der Waals surface area contributed by atoms with Crippen LogP contribution in [0.3, 0.4) is 0 Å². The highest BCUT2D eigenvalue weighted by Crippen LogP contribution is 2.63. The summed E-state index contributed by atoms with van der Waals surface area (Å²) in [5.41, 5.74) is 1.85. The minimum atomic E-state index is -1.53. The first-order valence-electron chi connectivity index (χ1n) is 11.4. The molecular weight excluding hydrogens is 418 g/mol. The number of aliphatic hydroxyl groups excluding tert-OH is 4. The number of hydrogen-bond acceptors (Lipinski definition) is 9. The van der Waals surface area contributed by atoms with Crippen LogP contribution in [0, 0.1) is 5.92 Å². The summed E-state index contributed by atoms with van der Waals surface area (Å²) in [4.78, 5) is 15.4. The normalized spacial score (nSPS) is 44.7. The van der Waals surface area contributed by atoms with Crippen molar-refractivity contribution in [2.45, 2.75) is 73.9 Å². The molecule has 1 aromatic carbocycles. The number of nitrogens with zero attached hydrogens (tertiary/aromatic N) is 1. The van der Waals surface area contributed by atoms with Crippen LogP contribution in [-0.2, 0) is 21.4 Å². The fourth-order valence-corrected chi connectivity index (χ4v) is 6.89. The number of likely N-dealkylation sites (N-methyl/N-ethyl adjacent to an activating group) is 1. The van der Waals surface area contributed by atoms with Gasteiger partial charge >= 0.3 is 0 Å². The number of Topliss-reactive ketones (excluding diaryl/α,β-unsaturated/α-hetero) is 1. The van der Waals surface area contributed by atoms with Crippen LogP contribution in [0.2, 0.25) is 0 Å². The monoisotopic (exact) mass is 447 g/mol. The van der Waals surface area contributed by atoms with E-state index in [0.717, 1.165) is 36.9 Å². The molecule has 5 aliphatic rings. The number of piperidine rings is 1. The Morgan fingerprint density at radius 2 is 2.03 bits per heavy atom. The van der Waals surface area contributed by atoms with Crippen LogP contribution in [0.15, 0.2) is 12.1 Å². The number of hydrogen-bond donors (Lipinski definition) is 4. The van der Waals surface area contributed by atoms with E-state index in [1.54, 1.807) is 6.07 Å². The topological polar surface area (TPSA) is 129 Å². The van der Waals surface area contributed by atoms with Crippen molar-refractivity contribution in [1.29, 1.82) is 0 Å². The van der Waals surface area contributed by atoms with E-state index < -0.39 is 43.4 Å². The van der Waals surface area contributed by atoms with Gasteiger partial charge in [-0.1, -0.05) is 6.07 Å². The molecule has 9 atom stereocenters. The highest BCUT2D eigenvalue weighted by molar-refractivity contribution is 5.89. The van der Waals surface area contributed by atoms with Crippen molar-refractivity contribution < 1.29 is 39.4 Å². The summed E-state index contributed by atoms with van der Waals surface area (Å²) in [6.45, 7) is 0.361. The SMILES string of the molecule is CN1CC[C@]23c4c5ccc(O[C@@H]6O[C@H](CO)[C@@H](O)[C@H](O)[C@H]6O)c4O[C@H]2C(=O)CC[C@H]3[C@H]1C5. The Kier molecular flexibility index (Phi) is 4.64. The van der Waals surface area contributed by atoms with E-state index in [1.807, 2.05) is 6.07 Å². The number of benzene rings is 1. The van der Waals surface area contributed by atoms with E-state index in [0.29, 0.717) is 29.9 Å². The van der Waals surface area contributed by atoms with Crippen LogP contribution in [0.5, 0.6) is 11.5 Å². The van der Waals surface area contributed by atoms with E-state index >= 15 is 0 Å². The van der Waals surface area contributed by atoms with Gasteiger partial charge in [-0.3, -0.25) is 4.79 Å². The average Bonchev–Trinajstić information content (AvgIpc) is 3.14. The number of carbonyl (C=O) groups excluding carboxylic acids is 1. The van der Waals surface area contributed by atoms with Crippen LogP contribution in [-0.4, -0.2) is 94.2 Å². The highest BCUT2D eigenvalue weighted by Gasteiger charge is 2.65. The molecule has 6 rings (SSSR count). The van der Waals surface area contributed by atoms with E-state index in [4.69, 9.17) is 14.2 Å². The Balaban J connectivity index is 1.41. The van der Waals surface area contributed by atoms with Crippen molar-refractivity contribution in [1.82, 2.24) is 4.90 Å². The molecule has 2 aliphatic carbocycles. The molecule has 0 radical (unpaired) electrons. The molecule has 32 heavy (non-hydrogen) atoms. The molecule has 9 nitrogen and oxygen atoms in total. The summed E-state index contributed by atoms with van der Waals surface area (Å²) in [5, 5.41) is 40.0. The molecule has 1 aromatic rings. The molecule has 1 spiro atoms. The standard InChI is InChI=1S/C23H29NO8/c1-24-7-6-23-11-3-4-13(26)21(23)32-20-14(5-2-10(16(20)23)8-12(11)24)30-22-19(29)18(28)17(27)15(9-25)31-22/h2,5,11-12,15,17-19,21-22,25,27-29H,3-4,6-9H2,1H3/t11-,12+,15+,17+,18-,19+,21-,22+,23-/m0/s1. The van der Waals surface area contributed by atoms with Gasteiger partial charge in [0.15, 0.2) is 23.4 Å². The van der Waals surface area contributed by atoms with Gasteiger partial charge in [0.1, 0.15) is 24.4 Å². The third kappa shape index (κ3) is 2.58. The van der Waals surface area contributed by atoms with Gasteiger partial charge < -0.3 is 39.5 Å². The van der Waals surface area contributed by atoms with E-state index in [2.05, 4.69) is 11.9 Å². The number of ketones is 1. The molecule has 3 aliphatic heterocycles. The summed E-state index contributed by atoms with van der Waals surface area (Å²) in [6.07, 6.45) is -4.32. The zero-order chi connectivity index (χ0) is 22.4. The largest absolute Gasteiger partial charge is 0.477 e. The Bertz CT molecular complexity index is 952. The number of likely N-dealkylation sites (tertiary alicyclic amines) is 1. The first kappa shape index (κ1) is 20.8. The third-order valence-electron chi connectivity index (χ3n) is 8.46. The molecule has 4 N–H and O–H groups in total. The molecule has 2 saturated heterocycles. The van der Waals surface area contributed by atoms with E-state index in [1.165, 1.54) is 0 Å². The lowest BCUT2D eigenvalue weighted by molar-refractivity contribution is -0.277. The van der Waals surface area contributed by atoms with Gasteiger partial charge in [-0.25, -0.2) is 0 Å². The third-order valence-corrected chi connectivity index (χ3v) is 8.46. The predicted molar refractivity (Wildman–Crippen MR) is 109 cm³/mol.